The monoisotopic (exact) mass is 342 g/mol. The highest BCUT2D eigenvalue weighted by atomic mass is 19.1. The minimum Gasteiger partial charge on any atom is -0.354 e. The second-order valence-corrected chi connectivity index (χ2v) is 6.19. The molecule has 25 heavy (non-hydrogen) atoms. The number of carbonyl (C=O) groups is 2. The van der Waals surface area contributed by atoms with E-state index in [1.54, 1.807) is 42.5 Å². The zero-order valence-corrected chi connectivity index (χ0v) is 14.5. The fraction of sp³-hybridized carbons (Fsp3) is 0.300. The number of carbonyl (C=O) groups excluding carboxylic acids is 2. The summed E-state index contributed by atoms with van der Waals surface area (Å²) >= 11 is 0. The van der Waals surface area contributed by atoms with Gasteiger partial charge in [-0.3, -0.25) is 9.59 Å². The predicted molar refractivity (Wildman–Crippen MR) is 95.6 cm³/mol. The summed E-state index contributed by atoms with van der Waals surface area (Å²) in [5.41, 5.74) is 1.06. The summed E-state index contributed by atoms with van der Waals surface area (Å²) in [6, 6.07) is 14.6. The first kappa shape index (κ1) is 18.6. The van der Waals surface area contributed by atoms with E-state index in [0.717, 1.165) is 0 Å². The summed E-state index contributed by atoms with van der Waals surface area (Å²) in [5.74, 6) is -0.908. The molecule has 0 fully saturated rings. The van der Waals surface area contributed by atoms with Crippen LogP contribution in [0.15, 0.2) is 54.6 Å². The molecule has 0 aromatic heterocycles. The maximum Gasteiger partial charge on any atom is 0.251 e. The smallest absolute Gasteiger partial charge is 0.251 e. The Morgan fingerprint density at radius 1 is 1.00 bits per heavy atom. The van der Waals surface area contributed by atoms with E-state index in [0.29, 0.717) is 24.1 Å². The van der Waals surface area contributed by atoms with Crippen LogP contribution in [0.5, 0.6) is 0 Å². The van der Waals surface area contributed by atoms with Crippen LogP contribution in [0, 0.1) is 11.7 Å². The maximum atomic E-state index is 13.6. The van der Waals surface area contributed by atoms with Crippen LogP contribution in [0.2, 0.25) is 0 Å². The van der Waals surface area contributed by atoms with E-state index in [4.69, 9.17) is 0 Å². The predicted octanol–water partition coefficient (Wildman–Crippen LogP) is 2.94. The van der Waals surface area contributed by atoms with Gasteiger partial charge in [-0.25, -0.2) is 4.39 Å². The molecule has 0 heterocycles. The molecule has 0 saturated carbocycles. The molecule has 2 rings (SSSR count). The Hall–Kier alpha value is -2.69. The molecule has 2 aromatic carbocycles. The summed E-state index contributed by atoms with van der Waals surface area (Å²) < 4.78 is 13.6. The zero-order valence-electron chi connectivity index (χ0n) is 14.5. The molecule has 1 unspecified atom stereocenters. The topological polar surface area (TPSA) is 58.2 Å². The summed E-state index contributed by atoms with van der Waals surface area (Å²) in [7, 11) is 0. The molecule has 0 aliphatic carbocycles. The summed E-state index contributed by atoms with van der Waals surface area (Å²) in [5, 5.41) is 5.54. The third kappa shape index (κ3) is 5.41. The third-order valence-corrected chi connectivity index (χ3v) is 3.92. The first-order chi connectivity index (χ1) is 12.0. The Bertz CT molecular complexity index is 717. The van der Waals surface area contributed by atoms with E-state index in [2.05, 4.69) is 10.6 Å². The molecule has 1 atom stereocenters. The van der Waals surface area contributed by atoms with E-state index in [1.807, 2.05) is 19.9 Å². The molecule has 5 heteroatoms. The van der Waals surface area contributed by atoms with Gasteiger partial charge in [-0.2, -0.15) is 0 Å². The van der Waals surface area contributed by atoms with Gasteiger partial charge >= 0.3 is 0 Å². The van der Waals surface area contributed by atoms with Crippen LogP contribution in [0.25, 0.3) is 0 Å². The van der Waals surface area contributed by atoms with Crippen LogP contribution in [0.1, 0.15) is 29.8 Å². The molecule has 0 bridgehead atoms. The Morgan fingerprint density at radius 2 is 1.64 bits per heavy atom. The Morgan fingerprint density at radius 3 is 2.28 bits per heavy atom. The Kier molecular flexibility index (Phi) is 6.69. The van der Waals surface area contributed by atoms with Gasteiger partial charge in [-0.15, -0.1) is 0 Å². The molecule has 0 spiro atoms. The minimum atomic E-state index is -0.645. The lowest BCUT2D eigenvalue weighted by Crippen LogP contribution is -2.50. The molecular formula is C20H23FN2O2. The van der Waals surface area contributed by atoms with Crippen molar-refractivity contribution in [2.24, 2.45) is 5.92 Å². The van der Waals surface area contributed by atoms with Gasteiger partial charge in [0.1, 0.15) is 11.9 Å². The van der Waals surface area contributed by atoms with E-state index in [-0.39, 0.29) is 23.5 Å². The summed E-state index contributed by atoms with van der Waals surface area (Å²) in [6.45, 7) is 4.04. The van der Waals surface area contributed by atoms with Crippen molar-refractivity contribution in [3.8, 4) is 0 Å². The molecule has 132 valence electrons. The minimum absolute atomic E-state index is 0.0684. The average Bonchev–Trinajstić information content (AvgIpc) is 2.61. The van der Waals surface area contributed by atoms with Crippen LogP contribution >= 0.6 is 0 Å². The van der Waals surface area contributed by atoms with Gasteiger partial charge in [0.05, 0.1) is 0 Å². The van der Waals surface area contributed by atoms with Gasteiger partial charge in [0, 0.05) is 12.1 Å². The van der Waals surface area contributed by atoms with Crippen LogP contribution in [-0.2, 0) is 11.2 Å². The van der Waals surface area contributed by atoms with Crippen LogP contribution in [-0.4, -0.2) is 24.4 Å². The van der Waals surface area contributed by atoms with Gasteiger partial charge in [0.25, 0.3) is 5.91 Å². The lowest BCUT2D eigenvalue weighted by atomic mass is 10.0. The van der Waals surface area contributed by atoms with Crippen molar-refractivity contribution >= 4 is 11.8 Å². The molecule has 0 saturated heterocycles. The summed E-state index contributed by atoms with van der Waals surface area (Å²) in [6.07, 6.45) is 0.399. The molecular weight excluding hydrogens is 319 g/mol. The number of halogens is 1. The molecule has 0 aliphatic heterocycles. The number of benzene rings is 2. The Balaban J connectivity index is 1.92. The highest BCUT2D eigenvalue weighted by molar-refractivity contribution is 5.97. The van der Waals surface area contributed by atoms with Crippen molar-refractivity contribution in [2.45, 2.75) is 26.3 Å². The van der Waals surface area contributed by atoms with Crippen molar-refractivity contribution in [3.05, 3.63) is 71.5 Å². The molecule has 2 N–H and O–H groups in total. The van der Waals surface area contributed by atoms with E-state index in [9.17, 15) is 14.0 Å². The van der Waals surface area contributed by atoms with Gasteiger partial charge in [0.15, 0.2) is 0 Å². The van der Waals surface area contributed by atoms with Gasteiger partial charge < -0.3 is 10.6 Å². The van der Waals surface area contributed by atoms with Gasteiger partial charge in [-0.05, 0) is 36.1 Å². The maximum absolute atomic E-state index is 13.6. The van der Waals surface area contributed by atoms with Crippen molar-refractivity contribution in [2.75, 3.05) is 6.54 Å². The first-order valence-electron chi connectivity index (χ1n) is 8.36. The van der Waals surface area contributed by atoms with Gasteiger partial charge in [-0.1, -0.05) is 50.2 Å². The van der Waals surface area contributed by atoms with Crippen molar-refractivity contribution in [3.63, 3.8) is 0 Å². The lowest BCUT2D eigenvalue weighted by Gasteiger charge is -2.21. The Labute approximate surface area is 147 Å². The summed E-state index contributed by atoms with van der Waals surface area (Å²) in [4.78, 5) is 24.7. The highest BCUT2D eigenvalue weighted by Crippen LogP contribution is 2.08. The third-order valence-electron chi connectivity index (χ3n) is 3.92. The van der Waals surface area contributed by atoms with Crippen molar-refractivity contribution < 1.29 is 14.0 Å². The van der Waals surface area contributed by atoms with Crippen LogP contribution in [0.3, 0.4) is 0 Å². The quantitative estimate of drug-likeness (QED) is 0.813. The fourth-order valence-corrected chi connectivity index (χ4v) is 2.48. The highest BCUT2D eigenvalue weighted by Gasteiger charge is 2.24. The SMILES string of the molecule is CC(C)C(NC(=O)c1ccccc1)C(=O)NCCc1ccccc1F. The number of rotatable bonds is 7. The largest absolute Gasteiger partial charge is 0.354 e. The average molecular weight is 342 g/mol. The number of amides is 2. The lowest BCUT2D eigenvalue weighted by molar-refractivity contribution is -0.123. The van der Waals surface area contributed by atoms with Gasteiger partial charge in [0.2, 0.25) is 5.91 Å². The van der Waals surface area contributed by atoms with E-state index < -0.39 is 6.04 Å². The fourth-order valence-electron chi connectivity index (χ4n) is 2.48. The van der Waals surface area contributed by atoms with E-state index in [1.165, 1.54) is 6.07 Å². The number of hydrogen-bond donors (Lipinski definition) is 2. The second kappa shape index (κ2) is 8.97. The van der Waals surface area contributed by atoms with Crippen molar-refractivity contribution in [1.29, 1.82) is 0 Å². The number of nitrogens with one attached hydrogen (secondary N) is 2. The molecule has 2 amide bonds. The number of hydrogen-bond acceptors (Lipinski definition) is 2. The zero-order chi connectivity index (χ0) is 18.2. The van der Waals surface area contributed by atoms with Crippen molar-refractivity contribution in [1.82, 2.24) is 10.6 Å². The molecule has 0 radical (unpaired) electrons. The second-order valence-electron chi connectivity index (χ2n) is 6.19. The normalized spacial score (nSPS) is 11.8. The van der Waals surface area contributed by atoms with Crippen LogP contribution < -0.4 is 10.6 Å². The van der Waals surface area contributed by atoms with E-state index >= 15 is 0 Å². The first-order valence-corrected chi connectivity index (χ1v) is 8.36. The standard InChI is InChI=1S/C20H23FN2O2/c1-14(2)18(23-19(24)16-9-4-3-5-10-16)20(25)22-13-12-15-8-6-7-11-17(15)21/h3-11,14,18H,12-13H2,1-2H3,(H,22,25)(H,23,24). The molecule has 0 aliphatic rings. The molecule has 2 aromatic rings. The van der Waals surface area contributed by atoms with Crippen LogP contribution in [0.4, 0.5) is 4.39 Å². The molecule has 4 nitrogen and oxygen atoms in total.